The summed E-state index contributed by atoms with van der Waals surface area (Å²) >= 11 is 0. The predicted octanol–water partition coefficient (Wildman–Crippen LogP) is 3.88. The number of benzene rings is 2. The minimum atomic E-state index is -0.273. The van der Waals surface area contributed by atoms with Gasteiger partial charge in [0.1, 0.15) is 0 Å². The molecule has 1 aromatic heterocycles. The van der Waals surface area contributed by atoms with Gasteiger partial charge in [-0.3, -0.25) is 9.59 Å². The average molecular weight is 376 g/mol. The van der Waals surface area contributed by atoms with Gasteiger partial charge >= 0.3 is 0 Å². The Hall–Kier alpha value is -3.41. The number of anilines is 1. The molecule has 6 nitrogen and oxygen atoms in total. The topological polar surface area (TPSA) is 76.0 Å². The van der Waals surface area contributed by atoms with Crippen LogP contribution in [0.1, 0.15) is 46.0 Å². The number of carbonyl (C=O) groups excluding carboxylic acids is 2. The van der Waals surface area contributed by atoms with Crippen molar-refractivity contribution in [1.82, 2.24) is 15.1 Å². The van der Waals surface area contributed by atoms with E-state index < -0.39 is 0 Å². The highest BCUT2D eigenvalue weighted by Gasteiger charge is 2.15. The lowest BCUT2D eigenvalue weighted by atomic mass is 10.1. The third-order valence-electron chi connectivity index (χ3n) is 4.22. The minimum Gasteiger partial charge on any atom is -0.350 e. The predicted molar refractivity (Wildman–Crippen MR) is 110 cm³/mol. The molecule has 3 rings (SSSR count). The number of nitrogens with one attached hydrogen (secondary N) is 2. The molecule has 0 atom stereocenters. The Labute approximate surface area is 164 Å². The molecule has 0 saturated carbocycles. The molecule has 0 radical (unpaired) electrons. The quantitative estimate of drug-likeness (QED) is 0.709. The Bertz CT molecular complexity index is 1000. The largest absolute Gasteiger partial charge is 0.350 e. The Morgan fingerprint density at radius 3 is 2.25 bits per heavy atom. The van der Waals surface area contributed by atoms with Gasteiger partial charge in [-0.05, 0) is 70.2 Å². The number of rotatable bonds is 5. The first-order valence-electron chi connectivity index (χ1n) is 9.20. The molecule has 6 heteroatoms. The summed E-state index contributed by atoms with van der Waals surface area (Å²) in [6.45, 7) is 7.71. The number of aromatic nitrogens is 2. The summed E-state index contributed by atoms with van der Waals surface area (Å²) in [4.78, 5) is 25.0. The Kier molecular flexibility index (Phi) is 5.59. The molecule has 28 heavy (non-hydrogen) atoms. The SMILES string of the molecule is Cc1cc(C)n(-c2ccc(C(=O)Nc3ccccc3C(=O)NC(C)C)cc2)n1. The van der Waals surface area contributed by atoms with E-state index in [1.807, 2.05) is 50.6 Å². The van der Waals surface area contributed by atoms with Crippen molar-refractivity contribution in [1.29, 1.82) is 0 Å². The van der Waals surface area contributed by atoms with Crippen molar-refractivity contribution >= 4 is 17.5 Å². The Balaban J connectivity index is 1.79. The maximum Gasteiger partial charge on any atom is 0.255 e. The number of para-hydroxylation sites is 1. The summed E-state index contributed by atoms with van der Waals surface area (Å²) in [5.74, 6) is -0.490. The highest BCUT2D eigenvalue weighted by atomic mass is 16.2. The van der Waals surface area contributed by atoms with Gasteiger partial charge in [-0.15, -0.1) is 0 Å². The van der Waals surface area contributed by atoms with Crippen molar-refractivity contribution in [2.75, 3.05) is 5.32 Å². The molecule has 2 N–H and O–H groups in total. The molecule has 2 amide bonds. The first-order chi connectivity index (χ1) is 13.3. The molecule has 2 aromatic carbocycles. The molecule has 3 aromatic rings. The second-order valence-corrected chi connectivity index (χ2v) is 7.01. The smallest absolute Gasteiger partial charge is 0.255 e. The van der Waals surface area contributed by atoms with Gasteiger partial charge in [0.05, 0.1) is 22.6 Å². The third kappa shape index (κ3) is 4.28. The summed E-state index contributed by atoms with van der Waals surface area (Å²) in [6, 6.07) is 16.2. The van der Waals surface area contributed by atoms with Crippen LogP contribution in [0.3, 0.4) is 0 Å². The van der Waals surface area contributed by atoms with Gasteiger partial charge in [0, 0.05) is 17.3 Å². The molecule has 0 unspecified atom stereocenters. The van der Waals surface area contributed by atoms with Crippen LogP contribution in [0.4, 0.5) is 5.69 Å². The summed E-state index contributed by atoms with van der Waals surface area (Å²) in [6.07, 6.45) is 0. The highest BCUT2D eigenvalue weighted by Crippen LogP contribution is 2.18. The molecule has 0 aliphatic rings. The van der Waals surface area contributed by atoms with E-state index >= 15 is 0 Å². The normalized spacial score (nSPS) is 10.8. The monoisotopic (exact) mass is 376 g/mol. The van der Waals surface area contributed by atoms with Gasteiger partial charge in [0.15, 0.2) is 0 Å². The number of aryl methyl sites for hydroxylation is 2. The van der Waals surface area contributed by atoms with Crippen LogP contribution < -0.4 is 10.6 Å². The number of amides is 2. The lowest BCUT2D eigenvalue weighted by Gasteiger charge is -2.13. The molecule has 144 valence electrons. The molecular weight excluding hydrogens is 352 g/mol. The van der Waals surface area contributed by atoms with Crippen molar-refractivity contribution < 1.29 is 9.59 Å². The summed E-state index contributed by atoms with van der Waals surface area (Å²) in [5, 5.41) is 10.1. The van der Waals surface area contributed by atoms with Gasteiger partial charge < -0.3 is 10.6 Å². The fourth-order valence-corrected chi connectivity index (χ4v) is 2.97. The zero-order chi connectivity index (χ0) is 20.3. The zero-order valence-corrected chi connectivity index (χ0v) is 16.5. The van der Waals surface area contributed by atoms with E-state index in [4.69, 9.17) is 0 Å². The summed E-state index contributed by atoms with van der Waals surface area (Å²) in [7, 11) is 0. The van der Waals surface area contributed by atoms with Crippen LogP contribution in [0.2, 0.25) is 0 Å². The first kappa shape index (κ1) is 19.4. The van der Waals surface area contributed by atoms with Gasteiger partial charge in [-0.1, -0.05) is 12.1 Å². The third-order valence-corrected chi connectivity index (χ3v) is 4.22. The number of nitrogens with zero attached hydrogens (tertiary/aromatic N) is 2. The molecular formula is C22H24N4O2. The van der Waals surface area contributed by atoms with E-state index in [0.717, 1.165) is 17.1 Å². The Morgan fingerprint density at radius 1 is 0.964 bits per heavy atom. The maximum atomic E-state index is 12.7. The van der Waals surface area contributed by atoms with E-state index in [2.05, 4.69) is 15.7 Å². The van der Waals surface area contributed by atoms with Crippen molar-refractivity contribution in [2.24, 2.45) is 0 Å². The van der Waals surface area contributed by atoms with Crippen molar-refractivity contribution in [3.63, 3.8) is 0 Å². The number of hydrogen-bond acceptors (Lipinski definition) is 3. The second-order valence-electron chi connectivity index (χ2n) is 7.01. The van der Waals surface area contributed by atoms with Crippen LogP contribution in [-0.4, -0.2) is 27.6 Å². The average Bonchev–Trinajstić information content (AvgIpc) is 3.00. The van der Waals surface area contributed by atoms with Crippen molar-refractivity contribution in [3.8, 4) is 5.69 Å². The Morgan fingerprint density at radius 2 is 1.64 bits per heavy atom. The molecule has 0 aliphatic heterocycles. The van der Waals surface area contributed by atoms with Gasteiger partial charge in [-0.25, -0.2) is 4.68 Å². The summed E-state index contributed by atoms with van der Waals surface area (Å²) < 4.78 is 1.84. The molecule has 1 heterocycles. The van der Waals surface area contributed by atoms with Gasteiger partial charge in [0.2, 0.25) is 0 Å². The van der Waals surface area contributed by atoms with Gasteiger partial charge in [-0.2, -0.15) is 5.10 Å². The lowest BCUT2D eigenvalue weighted by Crippen LogP contribution is -2.31. The number of hydrogen-bond donors (Lipinski definition) is 2. The minimum absolute atomic E-state index is 0.0122. The highest BCUT2D eigenvalue weighted by molar-refractivity contribution is 6.09. The fourth-order valence-electron chi connectivity index (χ4n) is 2.97. The first-order valence-corrected chi connectivity index (χ1v) is 9.20. The van der Waals surface area contributed by atoms with Gasteiger partial charge in [0.25, 0.3) is 11.8 Å². The van der Waals surface area contributed by atoms with Crippen LogP contribution in [0.5, 0.6) is 0 Å². The van der Waals surface area contributed by atoms with E-state index in [1.165, 1.54) is 0 Å². The molecule has 0 saturated heterocycles. The second kappa shape index (κ2) is 8.08. The standard InChI is InChI=1S/C22H24N4O2/c1-14(2)23-22(28)19-7-5-6-8-20(19)24-21(27)17-9-11-18(12-10-17)26-16(4)13-15(3)25-26/h5-14H,1-4H3,(H,23,28)(H,24,27). The zero-order valence-electron chi connectivity index (χ0n) is 16.5. The van der Waals surface area contributed by atoms with E-state index in [9.17, 15) is 9.59 Å². The number of carbonyl (C=O) groups is 2. The summed E-state index contributed by atoms with van der Waals surface area (Å²) in [5.41, 5.74) is 4.27. The van der Waals surface area contributed by atoms with E-state index in [0.29, 0.717) is 16.8 Å². The fraction of sp³-hybridized carbons (Fsp3) is 0.227. The van der Waals surface area contributed by atoms with Crippen LogP contribution >= 0.6 is 0 Å². The van der Waals surface area contributed by atoms with E-state index in [-0.39, 0.29) is 17.9 Å². The van der Waals surface area contributed by atoms with Crippen LogP contribution in [0.25, 0.3) is 5.69 Å². The van der Waals surface area contributed by atoms with Crippen molar-refractivity contribution in [2.45, 2.75) is 33.7 Å². The molecule has 0 aliphatic carbocycles. The molecule has 0 bridgehead atoms. The van der Waals surface area contributed by atoms with E-state index in [1.54, 1.807) is 36.4 Å². The maximum absolute atomic E-state index is 12.7. The van der Waals surface area contributed by atoms with Crippen LogP contribution in [0, 0.1) is 13.8 Å². The lowest BCUT2D eigenvalue weighted by molar-refractivity contribution is 0.0944. The van der Waals surface area contributed by atoms with Crippen molar-refractivity contribution in [3.05, 3.63) is 77.1 Å². The molecule has 0 fully saturated rings. The van der Waals surface area contributed by atoms with Crippen LogP contribution in [-0.2, 0) is 0 Å². The molecule has 0 spiro atoms. The van der Waals surface area contributed by atoms with Crippen LogP contribution in [0.15, 0.2) is 54.6 Å².